The van der Waals surface area contributed by atoms with Crippen LogP contribution >= 0.6 is 11.6 Å². The van der Waals surface area contributed by atoms with Crippen LogP contribution in [0.3, 0.4) is 0 Å². The predicted octanol–water partition coefficient (Wildman–Crippen LogP) is 3.26. The highest BCUT2D eigenvalue weighted by atomic mass is 35.5. The van der Waals surface area contributed by atoms with E-state index in [9.17, 15) is 0 Å². The molecular formula is C15H17ClN2O3. The van der Waals surface area contributed by atoms with Crippen LogP contribution in [0, 0.1) is 0 Å². The summed E-state index contributed by atoms with van der Waals surface area (Å²) in [6, 6.07) is 8.86. The van der Waals surface area contributed by atoms with Crippen molar-refractivity contribution in [3.63, 3.8) is 0 Å². The number of rotatable bonds is 6. The molecule has 21 heavy (non-hydrogen) atoms. The Morgan fingerprint density at radius 2 is 1.76 bits per heavy atom. The highest BCUT2D eigenvalue weighted by Crippen LogP contribution is 2.39. The van der Waals surface area contributed by atoms with Gasteiger partial charge in [-0.3, -0.25) is 0 Å². The molecule has 1 aromatic carbocycles. The first-order chi connectivity index (χ1) is 10.2. The van der Waals surface area contributed by atoms with Crippen molar-refractivity contribution in [1.82, 2.24) is 10.3 Å². The maximum Gasteiger partial charge on any atom is 0.219 e. The van der Waals surface area contributed by atoms with Crippen molar-refractivity contribution in [1.29, 1.82) is 0 Å². The number of hydrogen-bond acceptors (Lipinski definition) is 5. The van der Waals surface area contributed by atoms with Crippen LogP contribution in [-0.2, 0) is 6.54 Å². The highest BCUT2D eigenvalue weighted by molar-refractivity contribution is 6.31. The molecule has 0 bridgehead atoms. The van der Waals surface area contributed by atoms with E-state index >= 15 is 0 Å². The number of halogens is 1. The Bertz CT molecular complexity index is 598. The van der Waals surface area contributed by atoms with E-state index in [2.05, 4.69) is 10.3 Å². The van der Waals surface area contributed by atoms with Gasteiger partial charge >= 0.3 is 0 Å². The minimum Gasteiger partial charge on any atom is -0.493 e. The Labute approximate surface area is 128 Å². The molecule has 1 N–H and O–H groups in total. The molecule has 2 aromatic rings. The number of hydrogen-bond donors (Lipinski definition) is 1. The fourth-order valence-corrected chi connectivity index (χ4v) is 2.01. The second-order valence-electron chi connectivity index (χ2n) is 4.20. The number of methoxy groups -OCH3 is 2. The van der Waals surface area contributed by atoms with Crippen LogP contribution in [0.5, 0.6) is 23.1 Å². The third-order valence-corrected chi connectivity index (χ3v) is 3.17. The number of benzene rings is 1. The summed E-state index contributed by atoms with van der Waals surface area (Å²) in [6.07, 6.45) is 0. The first-order valence-electron chi connectivity index (χ1n) is 6.38. The smallest absolute Gasteiger partial charge is 0.219 e. The van der Waals surface area contributed by atoms with Crippen molar-refractivity contribution in [3.05, 3.63) is 41.0 Å². The maximum absolute atomic E-state index is 6.09. The number of pyridine rings is 1. The van der Waals surface area contributed by atoms with Crippen molar-refractivity contribution in [2.75, 3.05) is 21.3 Å². The quantitative estimate of drug-likeness (QED) is 0.887. The van der Waals surface area contributed by atoms with Crippen LogP contribution in [0.4, 0.5) is 0 Å². The molecule has 1 heterocycles. The van der Waals surface area contributed by atoms with E-state index in [0.717, 1.165) is 0 Å². The van der Waals surface area contributed by atoms with Crippen LogP contribution < -0.4 is 19.5 Å². The maximum atomic E-state index is 6.09. The summed E-state index contributed by atoms with van der Waals surface area (Å²) in [4.78, 5) is 4.38. The zero-order valence-corrected chi connectivity index (χ0v) is 12.9. The summed E-state index contributed by atoms with van der Waals surface area (Å²) in [7, 11) is 4.97. The van der Waals surface area contributed by atoms with Crippen molar-refractivity contribution in [2.45, 2.75) is 6.54 Å². The highest BCUT2D eigenvalue weighted by Gasteiger charge is 2.14. The average Bonchev–Trinajstić information content (AvgIpc) is 2.51. The third-order valence-electron chi connectivity index (χ3n) is 2.83. The van der Waals surface area contributed by atoms with Gasteiger partial charge in [0.05, 0.1) is 24.9 Å². The fourth-order valence-electron chi connectivity index (χ4n) is 1.83. The lowest BCUT2D eigenvalue weighted by Gasteiger charge is -2.14. The first-order valence-corrected chi connectivity index (χ1v) is 6.76. The minimum absolute atomic E-state index is 0.424. The van der Waals surface area contributed by atoms with Gasteiger partial charge in [0.2, 0.25) is 11.6 Å². The van der Waals surface area contributed by atoms with Crippen molar-refractivity contribution < 1.29 is 14.2 Å². The van der Waals surface area contributed by atoms with Crippen LogP contribution in [-0.4, -0.2) is 26.3 Å². The molecule has 0 atom stereocenters. The Hall–Kier alpha value is -1.98. The van der Waals surface area contributed by atoms with Gasteiger partial charge in [-0.15, -0.1) is 0 Å². The molecule has 0 amide bonds. The molecule has 6 heteroatoms. The monoisotopic (exact) mass is 308 g/mol. The Kier molecular flexibility index (Phi) is 5.25. The Balaban J connectivity index is 2.36. The van der Waals surface area contributed by atoms with E-state index in [1.807, 2.05) is 13.1 Å². The van der Waals surface area contributed by atoms with Crippen LogP contribution in [0.1, 0.15) is 5.69 Å². The lowest BCUT2D eigenvalue weighted by molar-refractivity contribution is 0.341. The second-order valence-corrected chi connectivity index (χ2v) is 4.61. The van der Waals surface area contributed by atoms with Crippen LogP contribution in [0.15, 0.2) is 30.3 Å². The molecular weight excluding hydrogens is 292 g/mol. The van der Waals surface area contributed by atoms with Crippen LogP contribution in [0.2, 0.25) is 5.02 Å². The molecule has 0 saturated heterocycles. The number of aromatic nitrogens is 1. The summed E-state index contributed by atoms with van der Waals surface area (Å²) < 4.78 is 16.4. The summed E-state index contributed by atoms with van der Waals surface area (Å²) in [6.45, 7) is 0.555. The lowest BCUT2D eigenvalue weighted by Crippen LogP contribution is -2.08. The second kappa shape index (κ2) is 7.15. The minimum atomic E-state index is 0.424. The SMILES string of the molecule is CNCc1nc(Oc2c(OC)cccc2OC)ccc1Cl. The molecule has 0 aliphatic heterocycles. The van der Waals surface area contributed by atoms with Gasteiger partial charge in [-0.2, -0.15) is 0 Å². The van der Waals surface area contributed by atoms with Gasteiger partial charge in [0.25, 0.3) is 0 Å². The molecule has 1 aromatic heterocycles. The van der Waals surface area contributed by atoms with Gasteiger partial charge in [0.1, 0.15) is 0 Å². The molecule has 5 nitrogen and oxygen atoms in total. The van der Waals surface area contributed by atoms with Crippen molar-refractivity contribution in [2.24, 2.45) is 0 Å². The number of nitrogens with zero attached hydrogens (tertiary/aromatic N) is 1. The zero-order valence-electron chi connectivity index (χ0n) is 12.1. The first kappa shape index (κ1) is 15.4. The van der Waals surface area contributed by atoms with Gasteiger partial charge in [-0.05, 0) is 25.2 Å². The van der Waals surface area contributed by atoms with E-state index in [1.165, 1.54) is 0 Å². The molecule has 0 spiro atoms. The predicted molar refractivity (Wildman–Crippen MR) is 81.6 cm³/mol. The van der Waals surface area contributed by atoms with E-state index in [4.69, 9.17) is 25.8 Å². The summed E-state index contributed by atoms with van der Waals surface area (Å²) in [5.41, 5.74) is 0.713. The van der Waals surface area contributed by atoms with E-state index in [1.54, 1.807) is 38.5 Å². The van der Waals surface area contributed by atoms with Crippen LogP contribution in [0.25, 0.3) is 0 Å². The number of para-hydroxylation sites is 1. The summed E-state index contributed by atoms with van der Waals surface area (Å²) in [5.74, 6) is 2.04. The number of nitrogens with one attached hydrogen (secondary N) is 1. The van der Waals surface area contributed by atoms with Crippen molar-refractivity contribution >= 4 is 11.6 Å². The largest absolute Gasteiger partial charge is 0.493 e. The Morgan fingerprint density at radius 3 is 2.33 bits per heavy atom. The molecule has 0 aliphatic rings. The lowest BCUT2D eigenvalue weighted by atomic mass is 10.3. The van der Waals surface area contributed by atoms with Gasteiger partial charge in [0.15, 0.2) is 11.5 Å². The number of ether oxygens (including phenoxy) is 3. The summed E-state index contributed by atoms with van der Waals surface area (Å²) in [5, 5.41) is 3.60. The van der Waals surface area contributed by atoms with Crippen molar-refractivity contribution in [3.8, 4) is 23.1 Å². The molecule has 112 valence electrons. The third kappa shape index (κ3) is 3.56. The van der Waals surface area contributed by atoms with E-state index in [0.29, 0.717) is 40.4 Å². The van der Waals surface area contributed by atoms with E-state index < -0.39 is 0 Å². The molecule has 0 saturated carbocycles. The standard InChI is InChI=1S/C15H17ClN2O3/c1-17-9-11-10(16)7-8-14(18-11)21-15-12(19-2)5-4-6-13(15)20-3/h4-8,17H,9H2,1-3H3. The van der Waals surface area contributed by atoms with E-state index in [-0.39, 0.29) is 0 Å². The molecule has 0 fully saturated rings. The molecule has 0 unspecified atom stereocenters. The molecule has 0 aliphatic carbocycles. The van der Waals surface area contributed by atoms with Gasteiger partial charge < -0.3 is 19.5 Å². The Morgan fingerprint density at radius 1 is 1.10 bits per heavy atom. The van der Waals surface area contributed by atoms with Gasteiger partial charge in [0, 0.05) is 12.6 Å². The fraction of sp³-hybridized carbons (Fsp3) is 0.267. The molecule has 0 radical (unpaired) electrons. The normalized spacial score (nSPS) is 10.3. The van der Waals surface area contributed by atoms with Gasteiger partial charge in [-0.1, -0.05) is 17.7 Å². The average molecular weight is 309 g/mol. The van der Waals surface area contributed by atoms with Gasteiger partial charge in [-0.25, -0.2) is 4.98 Å². The topological polar surface area (TPSA) is 52.6 Å². The zero-order chi connectivity index (χ0) is 15.2. The summed E-state index contributed by atoms with van der Waals surface area (Å²) >= 11 is 6.09. The molecule has 2 rings (SSSR count).